The van der Waals surface area contributed by atoms with Crippen LogP contribution in [0.4, 0.5) is 0 Å². The van der Waals surface area contributed by atoms with Crippen molar-refractivity contribution in [2.24, 2.45) is 0 Å². The molecular weight excluding hydrogens is 92.1 g/mol. The van der Waals surface area contributed by atoms with Gasteiger partial charge in [-0.1, -0.05) is 0 Å². The van der Waals surface area contributed by atoms with Gasteiger partial charge >= 0.3 is 0 Å². The van der Waals surface area contributed by atoms with Crippen molar-refractivity contribution >= 4 is 12.6 Å². The van der Waals surface area contributed by atoms with E-state index in [9.17, 15) is 9.59 Å². The van der Waals surface area contributed by atoms with Crippen LogP contribution in [0.3, 0.4) is 0 Å². The molecule has 0 bridgehead atoms. The number of rotatable bonds is 4. The lowest BCUT2D eigenvalue weighted by atomic mass is 10.3. The summed E-state index contributed by atoms with van der Waals surface area (Å²) in [6, 6.07) is 0. The molecule has 0 unspecified atom stereocenters. The van der Waals surface area contributed by atoms with Crippen LogP contribution < -0.4 is 0 Å². The molecule has 0 spiro atoms. The molecule has 7 heavy (non-hydrogen) atoms. The van der Waals surface area contributed by atoms with E-state index in [1.54, 1.807) is 0 Å². The first-order chi connectivity index (χ1) is 3.41. The molecule has 0 N–H and O–H groups in total. The molecule has 39 valence electrons. The predicted molar refractivity (Wildman–Crippen MR) is 25.7 cm³/mol. The molecule has 0 atom stereocenters. The zero-order chi connectivity index (χ0) is 5.54. The average Bonchev–Trinajstić information content (AvgIpc) is 1.69. The van der Waals surface area contributed by atoms with Gasteiger partial charge in [-0.05, 0) is 6.42 Å². The Labute approximate surface area is 42.5 Å². The number of hydrogen-bond donors (Lipinski definition) is 0. The maximum Gasteiger partial charge on any atom is 0.123 e. The summed E-state index contributed by atoms with van der Waals surface area (Å²) in [7, 11) is 0. The first kappa shape index (κ1) is 6.34. The highest BCUT2D eigenvalue weighted by molar-refractivity contribution is 5.62. The second-order valence-corrected chi connectivity index (χ2v) is 1.12. The van der Waals surface area contributed by atoms with E-state index in [1.807, 2.05) is 0 Å². The molecule has 0 saturated heterocycles. The number of carbonyl (C=O) groups is 2. The highest BCUT2D eigenvalue weighted by Crippen LogP contribution is 1.84. The van der Waals surface area contributed by atoms with Crippen molar-refractivity contribution in [3.63, 3.8) is 0 Å². The van der Waals surface area contributed by atoms with Crippen LogP contribution >= 0.6 is 0 Å². The molecule has 0 aromatic heterocycles. The molecule has 0 aliphatic carbocycles. The van der Waals surface area contributed by atoms with Crippen molar-refractivity contribution in [1.29, 1.82) is 0 Å². The van der Waals surface area contributed by atoms with Crippen LogP contribution in [0, 0.1) is 6.42 Å². The Kier molecular flexibility index (Phi) is 4.84. The summed E-state index contributed by atoms with van der Waals surface area (Å²) in [5.41, 5.74) is 0. The fourth-order valence-corrected chi connectivity index (χ4v) is 0.232. The third-order valence-electron chi connectivity index (χ3n) is 0.547. The maximum absolute atomic E-state index is 9.54. The highest BCUT2D eigenvalue weighted by atomic mass is 16.1. The van der Waals surface area contributed by atoms with Crippen molar-refractivity contribution in [3.05, 3.63) is 6.42 Å². The molecule has 0 amide bonds. The van der Waals surface area contributed by atoms with Crippen molar-refractivity contribution in [2.75, 3.05) is 0 Å². The molecule has 0 aliphatic heterocycles. The Morgan fingerprint density at radius 1 is 1.14 bits per heavy atom. The third-order valence-corrected chi connectivity index (χ3v) is 0.547. The van der Waals surface area contributed by atoms with Gasteiger partial charge in [-0.2, -0.15) is 0 Å². The van der Waals surface area contributed by atoms with E-state index < -0.39 is 0 Å². The van der Waals surface area contributed by atoms with Crippen LogP contribution in [0.15, 0.2) is 0 Å². The normalized spacial score (nSPS) is 8.00. The Morgan fingerprint density at radius 3 is 2.29 bits per heavy atom. The number of hydrogen-bond acceptors (Lipinski definition) is 2. The summed E-state index contributed by atoms with van der Waals surface area (Å²) in [5.74, 6) is 0. The molecule has 0 fully saturated rings. The summed E-state index contributed by atoms with van der Waals surface area (Å²) in [6.45, 7) is 0. The lowest BCUT2D eigenvalue weighted by Gasteiger charge is -1.78. The summed E-state index contributed by atoms with van der Waals surface area (Å²) in [5, 5.41) is 0. The minimum Gasteiger partial charge on any atom is -0.303 e. The van der Waals surface area contributed by atoms with E-state index in [0.29, 0.717) is 19.1 Å². The highest BCUT2D eigenvalue weighted by Gasteiger charge is 1.80. The minimum atomic E-state index is 0.457. The average molecular weight is 99.1 g/mol. The van der Waals surface area contributed by atoms with E-state index in [2.05, 4.69) is 0 Å². The van der Waals surface area contributed by atoms with E-state index in [0.717, 1.165) is 6.29 Å². The summed E-state index contributed by atoms with van der Waals surface area (Å²) in [4.78, 5) is 19.1. The van der Waals surface area contributed by atoms with Crippen molar-refractivity contribution in [3.8, 4) is 0 Å². The SMILES string of the molecule is O=C[CH]CCC=O. The third kappa shape index (κ3) is 5.34. The topological polar surface area (TPSA) is 34.1 Å². The Hall–Kier alpha value is -0.660. The standard InChI is InChI=1S/C5H7O2/c6-4-2-1-3-5-7/h2,4-5H,1,3H2. The first-order valence-corrected chi connectivity index (χ1v) is 2.12. The molecule has 1 radical (unpaired) electrons. The molecule has 0 heterocycles. The van der Waals surface area contributed by atoms with Gasteiger partial charge in [-0.3, -0.25) is 0 Å². The van der Waals surface area contributed by atoms with Crippen LogP contribution in [-0.2, 0) is 9.59 Å². The van der Waals surface area contributed by atoms with Crippen LogP contribution in [0.1, 0.15) is 12.8 Å². The van der Waals surface area contributed by atoms with Crippen LogP contribution in [-0.4, -0.2) is 12.6 Å². The van der Waals surface area contributed by atoms with Gasteiger partial charge < -0.3 is 9.59 Å². The van der Waals surface area contributed by atoms with Crippen molar-refractivity contribution < 1.29 is 9.59 Å². The van der Waals surface area contributed by atoms with Gasteiger partial charge in [0.05, 0.1) is 0 Å². The van der Waals surface area contributed by atoms with Crippen LogP contribution in [0.5, 0.6) is 0 Å². The van der Waals surface area contributed by atoms with Crippen molar-refractivity contribution in [1.82, 2.24) is 0 Å². The molecular formula is C5H7O2. The van der Waals surface area contributed by atoms with Crippen molar-refractivity contribution in [2.45, 2.75) is 12.8 Å². The molecule has 0 aromatic carbocycles. The van der Waals surface area contributed by atoms with Gasteiger partial charge in [0.2, 0.25) is 0 Å². The molecule has 0 aromatic rings. The smallest absolute Gasteiger partial charge is 0.123 e. The predicted octanol–water partition coefficient (Wildman–Crippen LogP) is 0.369. The summed E-state index contributed by atoms with van der Waals surface area (Å²) in [6.07, 6.45) is 3.95. The van der Waals surface area contributed by atoms with Gasteiger partial charge in [-0.25, -0.2) is 0 Å². The Bertz CT molecular complexity index is 51.1. The Morgan fingerprint density at radius 2 is 1.86 bits per heavy atom. The fourth-order valence-electron chi connectivity index (χ4n) is 0.232. The van der Waals surface area contributed by atoms with E-state index >= 15 is 0 Å². The monoisotopic (exact) mass is 99.0 g/mol. The van der Waals surface area contributed by atoms with E-state index in [-0.39, 0.29) is 0 Å². The summed E-state index contributed by atoms with van der Waals surface area (Å²) >= 11 is 0. The maximum atomic E-state index is 9.54. The van der Waals surface area contributed by atoms with Crippen LogP contribution in [0.25, 0.3) is 0 Å². The van der Waals surface area contributed by atoms with Gasteiger partial charge in [0.1, 0.15) is 12.6 Å². The minimum absolute atomic E-state index is 0.457. The van der Waals surface area contributed by atoms with Gasteiger partial charge in [0.25, 0.3) is 0 Å². The molecule has 2 heteroatoms. The second kappa shape index (κ2) is 5.34. The van der Waals surface area contributed by atoms with Crippen LogP contribution in [0.2, 0.25) is 0 Å². The second-order valence-electron chi connectivity index (χ2n) is 1.12. The zero-order valence-corrected chi connectivity index (χ0v) is 3.96. The van der Waals surface area contributed by atoms with E-state index in [1.165, 1.54) is 6.42 Å². The number of unbranched alkanes of at least 4 members (excludes halogenated alkanes) is 2. The lowest BCUT2D eigenvalue weighted by Crippen LogP contribution is -1.77. The first-order valence-electron chi connectivity index (χ1n) is 2.12. The quantitative estimate of drug-likeness (QED) is 0.377. The largest absolute Gasteiger partial charge is 0.303 e. The van der Waals surface area contributed by atoms with Gasteiger partial charge in [0, 0.05) is 12.8 Å². The fraction of sp³-hybridized carbons (Fsp3) is 0.400. The number of carbonyl (C=O) groups excluding carboxylic acids is 2. The number of aldehydes is 2. The molecule has 0 rings (SSSR count). The Balaban J connectivity index is 2.68. The molecule has 0 aliphatic rings. The molecule has 2 nitrogen and oxygen atoms in total. The molecule has 0 saturated carbocycles. The van der Waals surface area contributed by atoms with Gasteiger partial charge in [0.15, 0.2) is 0 Å². The van der Waals surface area contributed by atoms with E-state index in [4.69, 9.17) is 0 Å². The van der Waals surface area contributed by atoms with Gasteiger partial charge in [-0.15, -0.1) is 0 Å². The zero-order valence-electron chi connectivity index (χ0n) is 3.96. The lowest BCUT2D eigenvalue weighted by molar-refractivity contribution is -0.107. The summed E-state index contributed by atoms with van der Waals surface area (Å²) < 4.78 is 0.